The van der Waals surface area contributed by atoms with Gasteiger partial charge >= 0.3 is 11.6 Å². The first-order valence-corrected chi connectivity index (χ1v) is 7.94. The molecule has 0 unspecified atom stereocenters. The molecule has 130 valence electrons. The summed E-state index contributed by atoms with van der Waals surface area (Å²) in [7, 11) is 1.40. The molecule has 0 spiro atoms. The van der Waals surface area contributed by atoms with Crippen molar-refractivity contribution >= 4 is 28.5 Å². The first-order chi connectivity index (χ1) is 12.5. The lowest BCUT2D eigenvalue weighted by Crippen LogP contribution is -2.09. The highest BCUT2D eigenvalue weighted by Crippen LogP contribution is 2.34. The van der Waals surface area contributed by atoms with Gasteiger partial charge < -0.3 is 13.9 Å². The molecule has 0 aliphatic carbocycles. The molecule has 0 fully saturated rings. The second-order valence-corrected chi connectivity index (χ2v) is 5.71. The largest absolute Gasteiger partial charge is 0.496 e. The second kappa shape index (κ2) is 7.34. The maximum Gasteiger partial charge on any atom is 0.344 e. The molecule has 0 saturated carbocycles. The molecular formula is C20H13ClO5. The lowest BCUT2D eigenvalue weighted by atomic mass is 10.0. The van der Waals surface area contributed by atoms with Crippen molar-refractivity contribution in [2.75, 3.05) is 13.7 Å². The van der Waals surface area contributed by atoms with E-state index in [9.17, 15) is 9.59 Å². The molecule has 26 heavy (non-hydrogen) atoms. The van der Waals surface area contributed by atoms with Gasteiger partial charge in [0.2, 0.25) is 0 Å². The molecule has 1 heterocycles. The number of hydrogen-bond donors (Lipinski definition) is 0. The molecular weight excluding hydrogens is 356 g/mol. The Morgan fingerprint density at radius 2 is 2.00 bits per heavy atom. The van der Waals surface area contributed by atoms with Gasteiger partial charge in [-0.1, -0.05) is 35.7 Å². The summed E-state index contributed by atoms with van der Waals surface area (Å²) >= 11 is 6.31. The van der Waals surface area contributed by atoms with Crippen molar-refractivity contribution in [2.45, 2.75) is 0 Å². The molecule has 3 rings (SSSR count). The van der Waals surface area contributed by atoms with Crippen LogP contribution in [0.1, 0.15) is 10.4 Å². The van der Waals surface area contributed by atoms with E-state index in [-0.39, 0.29) is 28.5 Å². The molecule has 0 aliphatic rings. The smallest absolute Gasteiger partial charge is 0.344 e. The van der Waals surface area contributed by atoms with Crippen LogP contribution in [0.15, 0.2) is 51.7 Å². The van der Waals surface area contributed by atoms with E-state index in [0.717, 1.165) is 5.39 Å². The number of para-hydroxylation sites is 1. The molecule has 0 N–H and O–H groups in total. The predicted octanol–water partition coefficient (Wildman–Crippen LogP) is 3.91. The van der Waals surface area contributed by atoms with Gasteiger partial charge in [0.1, 0.15) is 16.9 Å². The van der Waals surface area contributed by atoms with Gasteiger partial charge in [-0.25, -0.2) is 9.59 Å². The molecule has 0 radical (unpaired) electrons. The zero-order valence-electron chi connectivity index (χ0n) is 13.7. The molecule has 6 heteroatoms. The minimum atomic E-state index is -0.668. The van der Waals surface area contributed by atoms with Crippen molar-refractivity contribution in [3.63, 3.8) is 0 Å². The Morgan fingerprint density at radius 3 is 2.73 bits per heavy atom. The molecule has 0 atom stereocenters. The average molecular weight is 369 g/mol. The first-order valence-electron chi connectivity index (χ1n) is 7.56. The van der Waals surface area contributed by atoms with Crippen molar-refractivity contribution < 1.29 is 18.7 Å². The lowest BCUT2D eigenvalue weighted by molar-refractivity contribution is 0.0553. The van der Waals surface area contributed by atoms with Gasteiger partial charge in [0, 0.05) is 16.0 Å². The van der Waals surface area contributed by atoms with Crippen LogP contribution in [-0.2, 0) is 4.74 Å². The summed E-state index contributed by atoms with van der Waals surface area (Å²) in [4.78, 5) is 24.5. The van der Waals surface area contributed by atoms with Gasteiger partial charge in [-0.15, -0.1) is 6.42 Å². The minimum absolute atomic E-state index is 0.113. The van der Waals surface area contributed by atoms with E-state index < -0.39 is 11.6 Å². The van der Waals surface area contributed by atoms with Crippen LogP contribution >= 0.6 is 11.6 Å². The third-order valence-corrected chi connectivity index (χ3v) is 4.04. The van der Waals surface area contributed by atoms with Gasteiger partial charge in [-0.3, -0.25) is 0 Å². The number of hydrogen-bond acceptors (Lipinski definition) is 5. The van der Waals surface area contributed by atoms with E-state index in [2.05, 4.69) is 5.92 Å². The van der Waals surface area contributed by atoms with Gasteiger partial charge in [-0.2, -0.15) is 0 Å². The second-order valence-electron chi connectivity index (χ2n) is 5.30. The maximum atomic E-state index is 12.4. The number of carbonyl (C=O) groups is 1. The monoisotopic (exact) mass is 368 g/mol. The van der Waals surface area contributed by atoms with E-state index in [1.54, 1.807) is 18.2 Å². The van der Waals surface area contributed by atoms with Crippen LogP contribution in [-0.4, -0.2) is 19.7 Å². The highest BCUT2D eigenvalue weighted by molar-refractivity contribution is 6.33. The number of esters is 1. The topological polar surface area (TPSA) is 65.7 Å². The normalized spacial score (nSPS) is 10.3. The fraction of sp³-hybridized carbons (Fsp3) is 0.100. The summed E-state index contributed by atoms with van der Waals surface area (Å²) in [6.07, 6.45) is 5.09. The fourth-order valence-corrected chi connectivity index (χ4v) is 2.79. The number of fused-ring (bicyclic) bond motifs is 1. The van der Waals surface area contributed by atoms with Crippen LogP contribution in [0.5, 0.6) is 5.75 Å². The van der Waals surface area contributed by atoms with E-state index in [1.807, 2.05) is 12.1 Å². The van der Waals surface area contributed by atoms with Gasteiger partial charge in [0.05, 0.1) is 12.7 Å². The van der Waals surface area contributed by atoms with Crippen LogP contribution in [0.3, 0.4) is 0 Å². The molecule has 0 amide bonds. The Bertz CT molecular complexity index is 1090. The number of terminal acetylenes is 1. The summed E-state index contributed by atoms with van der Waals surface area (Å²) < 4.78 is 15.5. The summed E-state index contributed by atoms with van der Waals surface area (Å²) in [6, 6.07) is 11.7. The standard InChI is InChI=1S/C20H13ClO5/c1-3-8-25-19(22)15-10-16(21)13(11-18(15)24-2)14-9-12-6-4-5-7-17(12)26-20(14)23/h1,4-7,9-11H,8H2,2H3. The summed E-state index contributed by atoms with van der Waals surface area (Å²) in [5.41, 5.74) is 0.683. The zero-order chi connectivity index (χ0) is 18.7. The summed E-state index contributed by atoms with van der Waals surface area (Å²) in [5.74, 6) is 1.75. The van der Waals surface area contributed by atoms with Gasteiger partial charge in [0.25, 0.3) is 0 Å². The zero-order valence-corrected chi connectivity index (χ0v) is 14.5. The van der Waals surface area contributed by atoms with E-state index >= 15 is 0 Å². The summed E-state index contributed by atoms with van der Waals surface area (Å²) in [6.45, 7) is -0.171. The molecule has 0 bridgehead atoms. The molecule has 5 nitrogen and oxygen atoms in total. The average Bonchev–Trinajstić information content (AvgIpc) is 2.65. The number of methoxy groups -OCH3 is 1. The van der Waals surface area contributed by atoms with Crippen LogP contribution < -0.4 is 10.4 Å². The first kappa shape index (κ1) is 17.6. The molecule has 3 aromatic rings. The van der Waals surface area contributed by atoms with Crippen molar-refractivity contribution in [2.24, 2.45) is 0 Å². The number of benzene rings is 2. The number of halogens is 1. The third-order valence-electron chi connectivity index (χ3n) is 3.73. The minimum Gasteiger partial charge on any atom is -0.496 e. The van der Waals surface area contributed by atoms with Crippen LogP contribution in [0.4, 0.5) is 0 Å². The van der Waals surface area contributed by atoms with Gasteiger partial charge in [0.15, 0.2) is 6.61 Å². The quantitative estimate of drug-likeness (QED) is 0.397. The van der Waals surface area contributed by atoms with E-state index in [4.69, 9.17) is 31.9 Å². The Kier molecular flexibility index (Phi) is 4.97. The number of carbonyl (C=O) groups excluding carboxylic acids is 1. The lowest BCUT2D eigenvalue weighted by Gasteiger charge is -2.12. The predicted molar refractivity (Wildman–Crippen MR) is 98.6 cm³/mol. The molecule has 0 aliphatic heterocycles. The highest BCUT2D eigenvalue weighted by atomic mass is 35.5. The van der Waals surface area contributed by atoms with E-state index in [1.165, 1.54) is 19.2 Å². The maximum absolute atomic E-state index is 12.4. The summed E-state index contributed by atoms with van der Waals surface area (Å²) in [5, 5.41) is 0.927. The number of rotatable bonds is 4. The fourth-order valence-electron chi connectivity index (χ4n) is 2.52. The molecule has 2 aromatic carbocycles. The van der Waals surface area contributed by atoms with Crippen LogP contribution in [0, 0.1) is 12.3 Å². The molecule has 1 aromatic heterocycles. The Labute approximate surface area is 154 Å². The SMILES string of the molecule is C#CCOC(=O)c1cc(Cl)c(-c2cc3ccccc3oc2=O)cc1OC. The van der Waals surface area contributed by atoms with Crippen molar-refractivity contribution in [1.82, 2.24) is 0 Å². The Morgan fingerprint density at radius 1 is 1.23 bits per heavy atom. The van der Waals surface area contributed by atoms with Crippen molar-refractivity contribution in [1.29, 1.82) is 0 Å². The van der Waals surface area contributed by atoms with Crippen molar-refractivity contribution in [3.05, 3.63) is 63.5 Å². The Hall–Kier alpha value is -3.23. The van der Waals surface area contributed by atoms with Crippen molar-refractivity contribution in [3.8, 4) is 29.2 Å². The van der Waals surface area contributed by atoms with Gasteiger partial charge in [-0.05, 0) is 24.3 Å². The van der Waals surface area contributed by atoms with E-state index in [0.29, 0.717) is 11.1 Å². The Balaban J connectivity index is 2.15. The number of ether oxygens (including phenoxy) is 2. The third kappa shape index (κ3) is 3.28. The highest BCUT2D eigenvalue weighted by Gasteiger charge is 2.20. The van der Waals surface area contributed by atoms with Crippen LogP contribution in [0.25, 0.3) is 22.1 Å². The molecule has 0 saturated heterocycles. The van der Waals surface area contributed by atoms with Crippen LogP contribution in [0.2, 0.25) is 5.02 Å².